The topological polar surface area (TPSA) is 55.8 Å². The highest BCUT2D eigenvalue weighted by molar-refractivity contribution is 5.79. The van der Waals surface area contributed by atoms with E-state index in [1.165, 1.54) is 22.3 Å². The van der Waals surface area contributed by atoms with Gasteiger partial charge in [0, 0.05) is 45.5 Å². The van der Waals surface area contributed by atoms with Gasteiger partial charge in [-0.25, -0.2) is 9.98 Å². The quantitative estimate of drug-likeness (QED) is 0.583. The lowest BCUT2D eigenvalue weighted by Crippen LogP contribution is -2.44. The van der Waals surface area contributed by atoms with Gasteiger partial charge in [0.1, 0.15) is 5.82 Å². The normalized spacial score (nSPS) is 15.4. The summed E-state index contributed by atoms with van der Waals surface area (Å²) in [5.74, 6) is 1.89. The van der Waals surface area contributed by atoms with Crippen LogP contribution in [0.5, 0.6) is 0 Å². The van der Waals surface area contributed by atoms with E-state index >= 15 is 0 Å². The van der Waals surface area contributed by atoms with Crippen molar-refractivity contribution < 1.29 is 0 Å². The molecule has 0 amide bonds. The SMILES string of the molecule is CCNC(=NCc1ccnc(N2CCN(C)CC2)c1)NCc1ccc(C)cc1C. The Morgan fingerprint density at radius 3 is 2.59 bits per heavy atom. The number of benzene rings is 1. The lowest BCUT2D eigenvalue weighted by atomic mass is 10.1. The monoisotopic (exact) mass is 394 g/mol. The summed E-state index contributed by atoms with van der Waals surface area (Å²) in [4.78, 5) is 14.1. The molecule has 2 heterocycles. The van der Waals surface area contributed by atoms with Crippen molar-refractivity contribution in [1.82, 2.24) is 20.5 Å². The molecular formula is C23H34N6. The Balaban J connectivity index is 1.63. The van der Waals surface area contributed by atoms with Crippen LogP contribution in [0.3, 0.4) is 0 Å². The van der Waals surface area contributed by atoms with Crippen LogP contribution in [-0.2, 0) is 13.1 Å². The van der Waals surface area contributed by atoms with Crippen LogP contribution in [0.4, 0.5) is 5.82 Å². The van der Waals surface area contributed by atoms with Crippen molar-refractivity contribution in [2.45, 2.75) is 33.9 Å². The van der Waals surface area contributed by atoms with Gasteiger partial charge in [0.25, 0.3) is 0 Å². The Morgan fingerprint density at radius 2 is 1.86 bits per heavy atom. The summed E-state index contributed by atoms with van der Waals surface area (Å²) >= 11 is 0. The highest BCUT2D eigenvalue weighted by Gasteiger charge is 2.15. The molecule has 6 heteroatoms. The van der Waals surface area contributed by atoms with Crippen LogP contribution in [0.25, 0.3) is 0 Å². The predicted molar refractivity (Wildman–Crippen MR) is 122 cm³/mol. The Kier molecular flexibility index (Phi) is 7.47. The molecule has 1 aliphatic rings. The molecule has 0 atom stereocenters. The molecule has 29 heavy (non-hydrogen) atoms. The number of guanidine groups is 1. The lowest BCUT2D eigenvalue weighted by Gasteiger charge is -2.33. The summed E-state index contributed by atoms with van der Waals surface area (Å²) in [5, 5.41) is 6.80. The van der Waals surface area contributed by atoms with Gasteiger partial charge in [0.05, 0.1) is 6.54 Å². The number of aliphatic imine (C=N–C) groups is 1. The van der Waals surface area contributed by atoms with Gasteiger partial charge in [-0.1, -0.05) is 23.8 Å². The number of aromatic nitrogens is 1. The Morgan fingerprint density at radius 1 is 1.07 bits per heavy atom. The molecule has 1 aromatic carbocycles. The number of nitrogens with zero attached hydrogens (tertiary/aromatic N) is 4. The fourth-order valence-corrected chi connectivity index (χ4v) is 3.50. The average molecular weight is 395 g/mol. The van der Waals surface area contributed by atoms with Crippen molar-refractivity contribution in [2.75, 3.05) is 44.7 Å². The molecule has 1 aromatic heterocycles. The molecule has 0 radical (unpaired) electrons. The van der Waals surface area contributed by atoms with E-state index < -0.39 is 0 Å². The maximum absolute atomic E-state index is 4.78. The Bertz CT molecular complexity index is 824. The summed E-state index contributed by atoms with van der Waals surface area (Å²) in [7, 11) is 2.17. The van der Waals surface area contributed by atoms with Gasteiger partial charge in [-0.3, -0.25) is 0 Å². The molecule has 0 saturated carbocycles. The van der Waals surface area contributed by atoms with E-state index in [0.29, 0.717) is 6.54 Å². The van der Waals surface area contributed by atoms with Crippen molar-refractivity contribution in [3.05, 3.63) is 58.8 Å². The standard InChI is InChI=1S/C23H34N6/c1-5-24-23(27-17-21-7-6-18(2)14-19(21)3)26-16-20-8-9-25-22(15-20)29-12-10-28(4)11-13-29/h6-9,14-15H,5,10-13,16-17H2,1-4H3,(H2,24,26,27). The molecule has 1 fully saturated rings. The van der Waals surface area contributed by atoms with Crippen molar-refractivity contribution >= 4 is 11.8 Å². The lowest BCUT2D eigenvalue weighted by molar-refractivity contribution is 0.312. The fourth-order valence-electron chi connectivity index (χ4n) is 3.50. The van der Waals surface area contributed by atoms with Gasteiger partial charge in [-0.05, 0) is 56.6 Å². The first-order chi connectivity index (χ1) is 14.0. The first kappa shape index (κ1) is 21.1. The zero-order chi connectivity index (χ0) is 20.6. The second kappa shape index (κ2) is 10.3. The second-order valence-corrected chi connectivity index (χ2v) is 7.79. The molecule has 0 unspecified atom stereocenters. The van der Waals surface area contributed by atoms with Crippen LogP contribution < -0.4 is 15.5 Å². The van der Waals surface area contributed by atoms with Crippen molar-refractivity contribution in [3.63, 3.8) is 0 Å². The van der Waals surface area contributed by atoms with E-state index in [2.05, 4.69) is 83.6 Å². The number of piperazine rings is 1. The first-order valence-corrected chi connectivity index (χ1v) is 10.5. The summed E-state index contributed by atoms with van der Waals surface area (Å²) in [6.07, 6.45) is 1.90. The van der Waals surface area contributed by atoms with Crippen LogP contribution in [-0.4, -0.2) is 55.6 Å². The number of hydrogen-bond acceptors (Lipinski definition) is 4. The van der Waals surface area contributed by atoms with Gasteiger partial charge >= 0.3 is 0 Å². The smallest absolute Gasteiger partial charge is 0.191 e. The minimum absolute atomic E-state index is 0.630. The van der Waals surface area contributed by atoms with Gasteiger partial charge in [0.15, 0.2) is 5.96 Å². The third-order valence-corrected chi connectivity index (χ3v) is 5.35. The minimum atomic E-state index is 0.630. The van der Waals surface area contributed by atoms with E-state index in [0.717, 1.165) is 51.0 Å². The number of anilines is 1. The largest absolute Gasteiger partial charge is 0.357 e. The minimum Gasteiger partial charge on any atom is -0.357 e. The number of rotatable bonds is 6. The van der Waals surface area contributed by atoms with Crippen LogP contribution in [0.2, 0.25) is 0 Å². The van der Waals surface area contributed by atoms with E-state index in [-0.39, 0.29) is 0 Å². The molecular weight excluding hydrogens is 360 g/mol. The van der Waals surface area contributed by atoms with Crippen molar-refractivity contribution in [3.8, 4) is 0 Å². The third-order valence-electron chi connectivity index (χ3n) is 5.35. The highest BCUT2D eigenvalue weighted by atomic mass is 15.3. The van der Waals surface area contributed by atoms with Crippen molar-refractivity contribution in [2.24, 2.45) is 4.99 Å². The molecule has 1 saturated heterocycles. The van der Waals surface area contributed by atoms with E-state index in [1.54, 1.807) is 0 Å². The van der Waals surface area contributed by atoms with Crippen molar-refractivity contribution in [1.29, 1.82) is 0 Å². The van der Waals surface area contributed by atoms with E-state index in [4.69, 9.17) is 4.99 Å². The number of nitrogens with one attached hydrogen (secondary N) is 2. The van der Waals surface area contributed by atoms with Crippen LogP contribution >= 0.6 is 0 Å². The summed E-state index contributed by atoms with van der Waals surface area (Å²) in [6, 6.07) is 10.8. The predicted octanol–water partition coefficient (Wildman–Crippen LogP) is 2.71. The van der Waals surface area contributed by atoms with Gasteiger partial charge < -0.3 is 20.4 Å². The van der Waals surface area contributed by atoms with Crippen LogP contribution in [0.15, 0.2) is 41.5 Å². The zero-order valence-electron chi connectivity index (χ0n) is 18.2. The molecule has 0 aliphatic carbocycles. The van der Waals surface area contributed by atoms with Gasteiger partial charge in [-0.2, -0.15) is 0 Å². The number of likely N-dealkylation sites (N-methyl/N-ethyl adjacent to an activating group) is 1. The average Bonchev–Trinajstić information content (AvgIpc) is 2.72. The van der Waals surface area contributed by atoms with Gasteiger partial charge in [0.2, 0.25) is 0 Å². The molecule has 6 nitrogen and oxygen atoms in total. The Labute approximate surface area is 175 Å². The first-order valence-electron chi connectivity index (χ1n) is 10.5. The summed E-state index contributed by atoms with van der Waals surface area (Å²) in [5.41, 5.74) is 5.07. The Hall–Kier alpha value is -2.60. The molecule has 156 valence electrons. The number of hydrogen-bond donors (Lipinski definition) is 2. The maximum atomic E-state index is 4.78. The van der Waals surface area contributed by atoms with Crippen LogP contribution in [0, 0.1) is 13.8 Å². The fraction of sp³-hybridized carbons (Fsp3) is 0.478. The maximum Gasteiger partial charge on any atom is 0.191 e. The van der Waals surface area contributed by atoms with E-state index in [1.807, 2.05) is 6.20 Å². The number of pyridine rings is 1. The zero-order valence-corrected chi connectivity index (χ0v) is 18.2. The van der Waals surface area contributed by atoms with Crippen LogP contribution in [0.1, 0.15) is 29.2 Å². The molecule has 2 N–H and O–H groups in total. The third kappa shape index (κ3) is 6.19. The van der Waals surface area contributed by atoms with Gasteiger partial charge in [-0.15, -0.1) is 0 Å². The highest BCUT2D eigenvalue weighted by Crippen LogP contribution is 2.15. The molecule has 3 rings (SSSR count). The molecule has 0 bridgehead atoms. The van der Waals surface area contributed by atoms with E-state index in [9.17, 15) is 0 Å². The second-order valence-electron chi connectivity index (χ2n) is 7.79. The summed E-state index contributed by atoms with van der Waals surface area (Å²) < 4.78 is 0. The molecule has 1 aliphatic heterocycles. The number of aryl methyl sites for hydroxylation is 2. The molecule has 0 spiro atoms. The molecule has 2 aromatic rings. The summed E-state index contributed by atoms with van der Waals surface area (Å²) in [6.45, 7) is 12.8.